The summed E-state index contributed by atoms with van der Waals surface area (Å²) in [4.78, 5) is 0. The summed E-state index contributed by atoms with van der Waals surface area (Å²) in [6.07, 6.45) is 38.1. The van der Waals surface area contributed by atoms with E-state index in [1.807, 2.05) is 13.8 Å². The molecule has 60 heavy (non-hydrogen) atoms. The Morgan fingerprint density at radius 3 is 0.733 bits per heavy atom. The van der Waals surface area contributed by atoms with Crippen molar-refractivity contribution in [2.24, 2.45) is 0 Å². The number of hydrogen-bond acceptors (Lipinski definition) is 8. The summed E-state index contributed by atoms with van der Waals surface area (Å²) in [6, 6.07) is 0. The standard InChI is InChI=1S/C48H100N2O8S2/c1-5-9-11-13-15-17-19-21-23-25-27-29-31-33-35-37-39-49(7-3,43-47(51)45-59(53,54)55)41-42-50(8-4,44-48(52)46-60(56,57)58)40-38-36-34-32-30-28-26-24-22-20-18-16-14-12-10-6-2/h47-48,51-52H,5-46H2,1-4H3. The first-order valence-corrected chi connectivity index (χ1v) is 28.7. The van der Waals surface area contributed by atoms with Crippen LogP contribution in [-0.4, -0.2) is 121 Å². The van der Waals surface area contributed by atoms with Crippen LogP contribution in [0.3, 0.4) is 0 Å². The highest BCUT2D eigenvalue weighted by Gasteiger charge is 2.36. The van der Waals surface area contributed by atoms with E-state index in [4.69, 9.17) is 0 Å². The van der Waals surface area contributed by atoms with E-state index >= 15 is 0 Å². The number of unbranched alkanes of at least 4 members (excludes halogenated alkanes) is 30. The third-order valence-corrected chi connectivity index (χ3v) is 14.9. The van der Waals surface area contributed by atoms with E-state index in [-0.39, 0.29) is 13.1 Å². The molecule has 4 atom stereocenters. The van der Waals surface area contributed by atoms with Gasteiger partial charge in [0.1, 0.15) is 38.4 Å². The number of nitrogens with zero attached hydrogens (tertiary/aromatic N) is 2. The fourth-order valence-electron chi connectivity index (χ4n) is 9.37. The maximum atomic E-state index is 11.6. The van der Waals surface area contributed by atoms with Crippen molar-refractivity contribution in [1.29, 1.82) is 0 Å². The number of hydrogen-bond donors (Lipinski definition) is 2. The second-order valence-corrected chi connectivity index (χ2v) is 21.8. The number of aliphatic hydroxyl groups is 2. The van der Waals surface area contributed by atoms with Crippen LogP contribution in [0.15, 0.2) is 0 Å². The predicted molar refractivity (Wildman–Crippen MR) is 251 cm³/mol. The van der Waals surface area contributed by atoms with Crippen LogP contribution in [0.5, 0.6) is 0 Å². The molecule has 0 aromatic carbocycles. The van der Waals surface area contributed by atoms with Crippen molar-refractivity contribution in [3.8, 4) is 0 Å². The molecule has 0 amide bonds. The Labute approximate surface area is 373 Å². The summed E-state index contributed by atoms with van der Waals surface area (Å²) in [5, 5.41) is 21.7. The molecule has 0 rings (SSSR count). The first kappa shape index (κ1) is 59.7. The Hall–Kier alpha value is -0.340. The van der Waals surface area contributed by atoms with E-state index in [9.17, 15) is 36.2 Å². The van der Waals surface area contributed by atoms with Crippen molar-refractivity contribution in [2.75, 3.05) is 63.9 Å². The van der Waals surface area contributed by atoms with Gasteiger partial charge in [0.25, 0.3) is 0 Å². The molecule has 0 aromatic heterocycles. The molecule has 10 nitrogen and oxygen atoms in total. The van der Waals surface area contributed by atoms with Crippen LogP contribution < -0.4 is 0 Å². The average Bonchev–Trinajstić information content (AvgIpc) is 3.17. The third-order valence-electron chi connectivity index (χ3n) is 13.4. The maximum Gasteiger partial charge on any atom is 0.129 e. The molecule has 362 valence electrons. The van der Waals surface area contributed by atoms with Crippen LogP contribution in [0.1, 0.15) is 233 Å². The SMILES string of the molecule is CCCCCCCCCCCCCCCCCC[N+](CC)(CC[N+](CC)(CCCCCCCCCCCCCCCCCC)CC(O)CS(=O)(=O)[O-])CC(O)CS(=O)(=O)[O-]. The topological polar surface area (TPSA) is 155 Å². The van der Waals surface area contributed by atoms with Crippen LogP contribution in [0.4, 0.5) is 0 Å². The third kappa shape index (κ3) is 37.1. The molecule has 0 spiro atoms. The van der Waals surface area contributed by atoms with Gasteiger partial charge in [0, 0.05) is 0 Å². The van der Waals surface area contributed by atoms with Gasteiger partial charge in [0.15, 0.2) is 0 Å². The second-order valence-electron chi connectivity index (χ2n) is 18.9. The van der Waals surface area contributed by atoms with Gasteiger partial charge in [-0.1, -0.05) is 194 Å². The lowest BCUT2D eigenvalue weighted by molar-refractivity contribution is -0.982. The van der Waals surface area contributed by atoms with Crippen LogP contribution in [0.25, 0.3) is 0 Å². The van der Waals surface area contributed by atoms with Crippen molar-refractivity contribution in [3.05, 3.63) is 0 Å². The van der Waals surface area contributed by atoms with Crippen molar-refractivity contribution < 1.29 is 45.1 Å². The highest BCUT2D eigenvalue weighted by atomic mass is 32.2. The van der Waals surface area contributed by atoms with Gasteiger partial charge < -0.3 is 28.3 Å². The van der Waals surface area contributed by atoms with Gasteiger partial charge in [-0.05, 0) is 39.5 Å². The summed E-state index contributed by atoms with van der Waals surface area (Å²) in [5.74, 6) is -1.64. The molecule has 0 saturated heterocycles. The van der Waals surface area contributed by atoms with Crippen LogP contribution in [0, 0.1) is 0 Å². The molecule has 0 aromatic rings. The summed E-state index contributed by atoms with van der Waals surface area (Å²) in [5.41, 5.74) is 0. The summed E-state index contributed by atoms with van der Waals surface area (Å²) in [6.45, 7) is 12.9. The Bertz CT molecular complexity index is 1080. The van der Waals surface area contributed by atoms with Gasteiger partial charge in [0.05, 0.1) is 57.9 Å². The normalized spacial score (nSPS) is 15.5. The van der Waals surface area contributed by atoms with E-state index < -0.39 is 43.9 Å². The summed E-state index contributed by atoms with van der Waals surface area (Å²) in [7, 11) is -9.21. The lowest BCUT2D eigenvalue weighted by Crippen LogP contribution is -2.62. The van der Waals surface area contributed by atoms with Crippen molar-refractivity contribution in [1.82, 2.24) is 0 Å². The molecule has 2 N–H and O–H groups in total. The lowest BCUT2D eigenvalue weighted by Gasteiger charge is -2.45. The first-order chi connectivity index (χ1) is 28.7. The molecule has 0 aliphatic heterocycles. The molecule has 0 heterocycles. The van der Waals surface area contributed by atoms with E-state index in [1.54, 1.807) is 0 Å². The van der Waals surface area contributed by atoms with Gasteiger partial charge in [0.2, 0.25) is 0 Å². The Balaban J connectivity index is 5.13. The number of likely N-dealkylation sites (N-methyl/N-ethyl adjacent to an activating group) is 2. The maximum absolute atomic E-state index is 11.6. The lowest BCUT2D eigenvalue weighted by atomic mass is 10.0. The summed E-state index contributed by atoms with van der Waals surface area (Å²) < 4.78 is 70.7. The largest absolute Gasteiger partial charge is 0.748 e. The zero-order chi connectivity index (χ0) is 44.9. The van der Waals surface area contributed by atoms with Crippen molar-refractivity contribution in [3.63, 3.8) is 0 Å². The van der Waals surface area contributed by atoms with Gasteiger partial charge in [-0.25, -0.2) is 16.8 Å². The minimum Gasteiger partial charge on any atom is -0.748 e. The molecule has 0 fully saturated rings. The Morgan fingerprint density at radius 1 is 0.350 bits per heavy atom. The van der Waals surface area contributed by atoms with Crippen LogP contribution in [0.2, 0.25) is 0 Å². The first-order valence-electron chi connectivity index (χ1n) is 25.6. The van der Waals surface area contributed by atoms with E-state index in [0.29, 0.717) is 35.1 Å². The minimum atomic E-state index is -4.60. The molecular formula is C48H100N2O8S2. The van der Waals surface area contributed by atoms with Gasteiger partial charge in [-0.15, -0.1) is 0 Å². The smallest absolute Gasteiger partial charge is 0.129 e. The Kier molecular flexibility index (Phi) is 37.8. The number of rotatable bonds is 47. The molecule has 4 unspecified atom stereocenters. The number of aliphatic hydroxyl groups excluding tert-OH is 2. The quantitative estimate of drug-likeness (QED) is 0.0348. The zero-order valence-corrected chi connectivity index (χ0v) is 41.5. The highest BCUT2D eigenvalue weighted by Crippen LogP contribution is 2.21. The van der Waals surface area contributed by atoms with Crippen LogP contribution in [-0.2, 0) is 20.2 Å². The molecule has 0 aliphatic rings. The highest BCUT2D eigenvalue weighted by molar-refractivity contribution is 7.86. The molecule has 0 saturated carbocycles. The number of quaternary nitrogens is 2. The van der Waals surface area contributed by atoms with Gasteiger partial charge in [-0.2, -0.15) is 0 Å². The van der Waals surface area contributed by atoms with Crippen molar-refractivity contribution in [2.45, 2.75) is 245 Å². The monoisotopic (exact) mass is 897 g/mol. The van der Waals surface area contributed by atoms with E-state index in [0.717, 1.165) is 51.6 Å². The zero-order valence-electron chi connectivity index (χ0n) is 39.9. The second kappa shape index (κ2) is 38.0. The summed E-state index contributed by atoms with van der Waals surface area (Å²) >= 11 is 0. The average molecular weight is 897 g/mol. The van der Waals surface area contributed by atoms with Crippen molar-refractivity contribution >= 4 is 20.2 Å². The van der Waals surface area contributed by atoms with E-state index in [1.165, 1.54) is 167 Å². The van der Waals surface area contributed by atoms with Gasteiger partial charge in [-0.3, -0.25) is 0 Å². The molecule has 12 heteroatoms. The minimum absolute atomic E-state index is 0.150. The Morgan fingerprint density at radius 2 is 0.550 bits per heavy atom. The van der Waals surface area contributed by atoms with Crippen LogP contribution >= 0.6 is 0 Å². The molecule has 0 bridgehead atoms. The van der Waals surface area contributed by atoms with Gasteiger partial charge >= 0.3 is 0 Å². The fraction of sp³-hybridized carbons (Fsp3) is 1.00. The molecular weight excluding hydrogens is 797 g/mol. The molecule has 0 radical (unpaired) electrons. The van der Waals surface area contributed by atoms with E-state index in [2.05, 4.69) is 13.8 Å². The fourth-order valence-corrected chi connectivity index (χ4v) is 10.5. The predicted octanol–water partition coefficient (Wildman–Crippen LogP) is 11.0. The molecule has 0 aliphatic carbocycles.